The van der Waals surface area contributed by atoms with Crippen molar-refractivity contribution in [2.24, 2.45) is 0 Å². The SMILES string of the molecule is COc1cc(C2=C(C(=O)[O-])N(c3ccccc3Br)S(=O)(=O)c3ccccc32)cc2c1OCO2.[Na+]. The number of nitrogens with zero attached hydrogens (tertiary/aromatic N) is 1. The zero-order valence-corrected chi connectivity index (χ0v) is 22.5. The molecule has 11 heteroatoms. The summed E-state index contributed by atoms with van der Waals surface area (Å²) in [6, 6.07) is 15.8. The molecule has 168 valence electrons. The Balaban J connectivity index is 0.00000274. The number of carbonyl (C=O) groups is 1. The van der Waals surface area contributed by atoms with Gasteiger partial charge in [-0.1, -0.05) is 30.3 Å². The van der Waals surface area contributed by atoms with Crippen LogP contribution >= 0.6 is 15.9 Å². The van der Waals surface area contributed by atoms with Gasteiger partial charge in [-0.2, -0.15) is 0 Å². The number of carboxylic acids is 1. The van der Waals surface area contributed by atoms with E-state index >= 15 is 0 Å². The van der Waals surface area contributed by atoms with Crippen molar-refractivity contribution in [1.29, 1.82) is 0 Å². The van der Waals surface area contributed by atoms with Crippen molar-refractivity contribution in [2.75, 3.05) is 18.2 Å². The van der Waals surface area contributed by atoms with Crippen LogP contribution < -0.4 is 53.2 Å². The second kappa shape index (κ2) is 9.27. The second-order valence-electron chi connectivity index (χ2n) is 7.14. The average Bonchev–Trinajstić information content (AvgIpc) is 3.27. The number of hydrogen-bond donors (Lipinski definition) is 0. The molecular formula is C23H15BrNNaO7S. The van der Waals surface area contributed by atoms with E-state index in [4.69, 9.17) is 14.2 Å². The maximum atomic E-state index is 13.7. The summed E-state index contributed by atoms with van der Waals surface area (Å²) in [5.74, 6) is -0.594. The van der Waals surface area contributed by atoms with Crippen LogP contribution in [0.15, 0.2) is 75.7 Å². The Kier molecular flexibility index (Phi) is 6.71. The molecule has 0 spiro atoms. The number of sulfonamides is 1. The van der Waals surface area contributed by atoms with Crippen LogP contribution in [0.25, 0.3) is 5.57 Å². The zero-order chi connectivity index (χ0) is 23.3. The molecule has 0 radical (unpaired) electrons. The van der Waals surface area contributed by atoms with E-state index in [9.17, 15) is 18.3 Å². The first-order valence-corrected chi connectivity index (χ1v) is 11.9. The summed E-state index contributed by atoms with van der Waals surface area (Å²) in [6.07, 6.45) is 0. The maximum Gasteiger partial charge on any atom is 1.00 e. The van der Waals surface area contributed by atoms with Crippen LogP contribution in [0.2, 0.25) is 0 Å². The molecule has 0 fully saturated rings. The van der Waals surface area contributed by atoms with Crippen LogP contribution in [0, 0.1) is 0 Å². The summed E-state index contributed by atoms with van der Waals surface area (Å²) >= 11 is 3.34. The number of aliphatic carboxylic acids is 1. The number of carbonyl (C=O) groups excluding carboxylic acids is 1. The van der Waals surface area contributed by atoms with Crippen LogP contribution in [0.1, 0.15) is 11.1 Å². The molecule has 0 bridgehead atoms. The normalized spacial score (nSPS) is 15.4. The first kappa shape index (κ1) is 24.6. The number of hydrogen-bond acceptors (Lipinski definition) is 7. The van der Waals surface area contributed by atoms with Gasteiger partial charge < -0.3 is 24.1 Å². The molecule has 0 saturated carbocycles. The summed E-state index contributed by atoms with van der Waals surface area (Å²) in [5, 5.41) is 12.5. The largest absolute Gasteiger partial charge is 1.00 e. The van der Waals surface area contributed by atoms with Crippen molar-refractivity contribution >= 4 is 43.2 Å². The van der Waals surface area contributed by atoms with Gasteiger partial charge >= 0.3 is 29.6 Å². The van der Waals surface area contributed by atoms with E-state index in [0.717, 1.165) is 4.31 Å². The van der Waals surface area contributed by atoms with Gasteiger partial charge in [0.1, 0.15) is 0 Å². The Bertz CT molecular complexity index is 1460. The summed E-state index contributed by atoms with van der Waals surface area (Å²) < 4.78 is 44.9. The molecule has 0 amide bonds. The average molecular weight is 552 g/mol. The van der Waals surface area contributed by atoms with E-state index in [-0.39, 0.29) is 58.1 Å². The fourth-order valence-corrected chi connectivity index (χ4v) is 6.26. The van der Waals surface area contributed by atoms with Crippen molar-refractivity contribution in [3.63, 3.8) is 0 Å². The molecule has 34 heavy (non-hydrogen) atoms. The maximum absolute atomic E-state index is 13.7. The van der Waals surface area contributed by atoms with Crippen molar-refractivity contribution in [3.8, 4) is 17.2 Å². The van der Waals surface area contributed by atoms with Gasteiger partial charge in [-0.3, -0.25) is 0 Å². The number of fused-ring (bicyclic) bond motifs is 2. The minimum absolute atomic E-state index is 0. The molecule has 5 rings (SSSR count). The van der Waals surface area contributed by atoms with Crippen molar-refractivity contribution in [1.82, 2.24) is 0 Å². The molecule has 3 aromatic rings. The number of benzene rings is 3. The first-order valence-electron chi connectivity index (χ1n) is 9.67. The number of methoxy groups -OCH3 is 1. The monoisotopic (exact) mass is 551 g/mol. The van der Waals surface area contributed by atoms with Crippen LogP contribution in [-0.2, 0) is 14.8 Å². The Morgan fingerprint density at radius 1 is 1.09 bits per heavy atom. The molecule has 0 aromatic heterocycles. The van der Waals surface area contributed by atoms with Gasteiger partial charge in [0.15, 0.2) is 11.5 Å². The fourth-order valence-electron chi connectivity index (χ4n) is 3.96. The van der Waals surface area contributed by atoms with Gasteiger partial charge in [-0.15, -0.1) is 0 Å². The molecule has 0 N–H and O–H groups in total. The molecule has 0 atom stereocenters. The number of halogens is 1. The molecular weight excluding hydrogens is 537 g/mol. The van der Waals surface area contributed by atoms with Gasteiger partial charge in [-0.05, 0) is 51.8 Å². The van der Waals surface area contributed by atoms with Crippen molar-refractivity contribution in [3.05, 3.63) is 82.0 Å². The van der Waals surface area contributed by atoms with Crippen LogP contribution in [0.4, 0.5) is 5.69 Å². The third kappa shape index (κ3) is 3.79. The van der Waals surface area contributed by atoms with E-state index in [1.807, 2.05) is 0 Å². The number of carboxylic acid groups (broad SMARTS) is 1. The Morgan fingerprint density at radius 2 is 1.79 bits per heavy atom. The van der Waals surface area contributed by atoms with Gasteiger partial charge in [0.25, 0.3) is 10.0 Å². The molecule has 2 heterocycles. The van der Waals surface area contributed by atoms with Crippen LogP contribution in [0.5, 0.6) is 17.2 Å². The van der Waals surface area contributed by atoms with E-state index in [1.54, 1.807) is 48.5 Å². The Labute approximate surface area is 226 Å². The third-order valence-corrected chi connectivity index (χ3v) is 7.77. The van der Waals surface area contributed by atoms with Gasteiger partial charge in [0.2, 0.25) is 12.5 Å². The molecule has 2 aliphatic heterocycles. The number of ether oxygens (including phenoxy) is 3. The minimum Gasteiger partial charge on any atom is -0.543 e. The summed E-state index contributed by atoms with van der Waals surface area (Å²) in [7, 11) is -2.84. The van der Waals surface area contributed by atoms with Crippen LogP contribution in [-0.4, -0.2) is 28.3 Å². The van der Waals surface area contributed by atoms with Crippen molar-refractivity contribution < 1.29 is 62.1 Å². The zero-order valence-electron chi connectivity index (χ0n) is 18.1. The van der Waals surface area contributed by atoms with E-state index in [2.05, 4.69) is 15.9 Å². The van der Waals surface area contributed by atoms with Crippen molar-refractivity contribution in [2.45, 2.75) is 4.90 Å². The minimum atomic E-state index is -4.28. The molecule has 3 aromatic carbocycles. The van der Waals surface area contributed by atoms with Gasteiger partial charge in [-0.25, -0.2) is 12.7 Å². The third-order valence-electron chi connectivity index (χ3n) is 5.33. The van der Waals surface area contributed by atoms with Gasteiger partial charge in [0, 0.05) is 15.6 Å². The van der Waals surface area contributed by atoms with E-state index in [1.165, 1.54) is 19.2 Å². The fraction of sp³-hybridized carbons (Fsp3) is 0.0870. The molecule has 0 saturated heterocycles. The molecule has 0 aliphatic carbocycles. The quantitative estimate of drug-likeness (QED) is 0.417. The standard InChI is InChI=1S/C23H16BrNO7S.Na/c1-30-17-10-13(11-18-22(17)32-12-31-18)20-14-6-2-5-9-19(14)33(28,29)25(21(20)23(26)27)16-8-4-3-7-15(16)24;/h2-11H,12H2,1H3,(H,26,27);/q;+1/p-1. The molecule has 2 aliphatic rings. The van der Waals surface area contributed by atoms with E-state index in [0.29, 0.717) is 27.3 Å². The number of rotatable bonds is 4. The number of anilines is 1. The van der Waals surface area contributed by atoms with Crippen LogP contribution in [0.3, 0.4) is 0 Å². The molecule has 0 unspecified atom stereocenters. The summed E-state index contributed by atoms with van der Waals surface area (Å²) in [6.45, 7) is -0.0183. The topological polar surface area (TPSA) is 105 Å². The predicted octanol–water partition coefficient (Wildman–Crippen LogP) is -0.0914. The summed E-state index contributed by atoms with van der Waals surface area (Å²) in [5.41, 5.74) is 0.348. The predicted molar refractivity (Wildman–Crippen MR) is 120 cm³/mol. The smallest absolute Gasteiger partial charge is 0.543 e. The Hall–Kier alpha value is -2.50. The number of para-hydroxylation sites is 1. The summed E-state index contributed by atoms with van der Waals surface area (Å²) in [4.78, 5) is 12.5. The molecule has 8 nitrogen and oxygen atoms in total. The van der Waals surface area contributed by atoms with Gasteiger partial charge in [0.05, 0.1) is 29.4 Å². The first-order chi connectivity index (χ1) is 15.8. The Morgan fingerprint density at radius 3 is 2.50 bits per heavy atom. The van der Waals surface area contributed by atoms with E-state index < -0.39 is 21.7 Å². The second-order valence-corrected chi connectivity index (χ2v) is 9.75.